The Morgan fingerprint density at radius 3 is 2.87 bits per heavy atom. The molecule has 0 atom stereocenters. The highest BCUT2D eigenvalue weighted by atomic mass is 15.1. The maximum atomic E-state index is 2.48. The van der Waals surface area contributed by atoms with Gasteiger partial charge in [-0.2, -0.15) is 0 Å². The van der Waals surface area contributed by atoms with Crippen molar-refractivity contribution in [2.24, 2.45) is 0 Å². The van der Waals surface area contributed by atoms with Gasteiger partial charge in [0.1, 0.15) is 0 Å². The molecule has 76 valence electrons. The molecule has 0 aromatic heterocycles. The number of hydrogen-bond acceptors (Lipinski definition) is 1. The first kappa shape index (κ1) is 8.78. The molecule has 2 aromatic rings. The molecule has 15 heavy (non-hydrogen) atoms. The number of hydrogen-bond donors (Lipinski definition) is 0. The standard InChI is InChI=1S/C14H15N/c1-2-15-10-9-12-8-7-11-5-3-4-6-13(11)14(12)15/h3-8H,2,9-10H2,1H3. The van der Waals surface area contributed by atoms with Crippen LogP contribution >= 0.6 is 0 Å². The second kappa shape index (κ2) is 3.27. The van der Waals surface area contributed by atoms with Crippen LogP contribution in [-0.4, -0.2) is 13.1 Å². The van der Waals surface area contributed by atoms with Crippen LogP contribution in [0.4, 0.5) is 5.69 Å². The molecule has 0 spiro atoms. The van der Waals surface area contributed by atoms with Gasteiger partial charge in [0.2, 0.25) is 0 Å². The number of benzene rings is 2. The summed E-state index contributed by atoms with van der Waals surface area (Å²) in [6.07, 6.45) is 1.20. The van der Waals surface area contributed by atoms with Gasteiger partial charge >= 0.3 is 0 Å². The summed E-state index contributed by atoms with van der Waals surface area (Å²) in [5, 5.41) is 2.77. The Morgan fingerprint density at radius 2 is 2.00 bits per heavy atom. The van der Waals surface area contributed by atoms with E-state index >= 15 is 0 Å². The van der Waals surface area contributed by atoms with Gasteiger partial charge in [-0.15, -0.1) is 0 Å². The zero-order valence-corrected chi connectivity index (χ0v) is 9.03. The molecule has 2 aromatic carbocycles. The van der Waals surface area contributed by atoms with E-state index in [0.29, 0.717) is 0 Å². The van der Waals surface area contributed by atoms with Crippen LogP contribution in [0.15, 0.2) is 36.4 Å². The number of anilines is 1. The largest absolute Gasteiger partial charge is 0.371 e. The van der Waals surface area contributed by atoms with Crippen LogP contribution in [-0.2, 0) is 6.42 Å². The Labute approximate surface area is 90.3 Å². The predicted molar refractivity (Wildman–Crippen MR) is 65.5 cm³/mol. The summed E-state index contributed by atoms with van der Waals surface area (Å²) in [5.41, 5.74) is 2.98. The van der Waals surface area contributed by atoms with E-state index in [1.54, 1.807) is 0 Å². The van der Waals surface area contributed by atoms with E-state index in [9.17, 15) is 0 Å². The monoisotopic (exact) mass is 197 g/mol. The third-order valence-corrected chi connectivity index (χ3v) is 3.33. The molecule has 1 heteroatoms. The van der Waals surface area contributed by atoms with Crippen LogP contribution in [0, 0.1) is 0 Å². The molecule has 0 bridgehead atoms. The summed E-state index contributed by atoms with van der Waals surface area (Å²) in [7, 11) is 0. The van der Waals surface area contributed by atoms with Crippen molar-refractivity contribution in [1.82, 2.24) is 0 Å². The summed E-state index contributed by atoms with van der Waals surface area (Å²) < 4.78 is 0. The van der Waals surface area contributed by atoms with E-state index in [2.05, 4.69) is 48.2 Å². The summed E-state index contributed by atoms with van der Waals surface area (Å²) in [6.45, 7) is 4.53. The summed E-state index contributed by atoms with van der Waals surface area (Å²) in [4.78, 5) is 2.48. The fraction of sp³-hybridized carbons (Fsp3) is 0.286. The van der Waals surface area contributed by atoms with Crippen LogP contribution in [0.3, 0.4) is 0 Å². The molecule has 0 unspecified atom stereocenters. The molecule has 0 radical (unpaired) electrons. The Kier molecular flexibility index (Phi) is 1.91. The number of rotatable bonds is 1. The first-order valence-electron chi connectivity index (χ1n) is 5.65. The van der Waals surface area contributed by atoms with Crippen molar-refractivity contribution in [3.05, 3.63) is 42.0 Å². The van der Waals surface area contributed by atoms with Gasteiger partial charge in [0, 0.05) is 24.2 Å². The van der Waals surface area contributed by atoms with Crippen LogP contribution in [0.1, 0.15) is 12.5 Å². The second-order valence-electron chi connectivity index (χ2n) is 4.12. The van der Waals surface area contributed by atoms with Crippen molar-refractivity contribution in [1.29, 1.82) is 0 Å². The minimum Gasteiger partial charge on any atom is -0.371 e. The van der Waals surface area contributed by atoms with Gasteiger partial charge in [-0.1, -0.05) is 36.4 Å². The van der Waals surface area contributed by atoms with Gasteiger partial charge < -0.3 is 4.90 Å². The van der Waals surface area contributed by atoms with Gasteiger partial charge in [0.15, 0.2) is 0 Å². The third-order valence-electron chi connectivity index (χ3n) is 3.33. The maximum absolute atomic E-state index is 2.48. The number of nitrogens with zero attached hydrogens (tertiary/aromatic N) is 1. The molecule has 0 fully saturated rings. The lowest BCUT2D eigenvalue weighted by Gasteiger charge is -2.18. The molecule has 0 saturated heterocycles. The zero-order chi connectivity index (χ0) is 10.3. The van der Waals surface area contributed by atoms with Crippen molar-refractivity contribution < 1.29 is 0 Å². The predicted octanol–water partition coefficient (Wildman–Crippen LogP) is 3.22. The minimum absolute atomic E-state index is 1.11. The molecule has 0 amide bonds. The molecule has 0 aliphatic carbocycles. The molecule has 1 aliphatic heterocycles. The minimum atomic E-state index is 1.11. The average molecular weight is 197 g/mol. The lowest BCUT2D eigenvalue weighted by atomic mass is 10.0. The molecule has 1 nitrogen and oxygen atoms in total. The van der Waals surface area contributed by atoms with Crippen molar-refractivity contribution >= 4 is 16.5 Å². The summed E-state index contributed by atoms with van der Waals surface area (Å²) in [6, 6.07) is 13.2. The summed E-state index contributed by atoms with van der Waals surface area (Å²) in [5.74, 6) is 0. The van der Waals surface area contributed by atoms with Crippen LogP contribution in [0.25, 0.3) is 10.8 Å². The average Bonchev–Trinajstić information content (AvgIpc) is 2.72. The van der Waals surface area contributed by atoms with Crippen LogP contribution in [0.5, 0.6) is 0 Å². The highest BCUT2D eigenvalue weighted by Gasteiger charge is 2.19. The lowest BCUT2D eigenvalue weighted by Crippen LogP contribution is -2.19. The van der Waals surface area contributed by atoms with E-state index in [1.165, 1.54) is 35.0 Å². The third kappa shape index (κ3) is 1.23. The smallest absolute Gasteiger partial charge is 0.0479 e. The van der Waals surface area contributed by atoms with Crippen molar-refractivity contribution in [3.63, 3.8) is 0 Å². The van der Waals surface area contributed by atoms with E-state index in [-0.39, 0.29) is 0 Å². The summed E-state index contributed by atoms with van der Waals surface area (Å²) >= 11 is 0. The molecule has 0 N–H and O–H groups in total. The molecule has 1 aliphatic rings. The van der Waals surface area contributed by atoms with E-state index in [0.717, 1.165) is 6.54 Å². The molecule has 0 saturated carbocycles. The fourth-order valence-corrected chi connectivity index (χ4v) is 2.56. The first-order valence-corrected chi connectivity index (χ1v) is 5.65. The van der Waals surface area contributed by atoms with Gasteiger partial charge in [0.25, 0.3) is 0 Å². The highest BCUT2D eigenvalue weighted by Crippen LogP contribution is 2.35. The Hall–Kier alpha value is -1.50. The van der Waals surface area contributed by atoms with Crippen LogP contribution in [0.2, 0.25) is 0 Å². The number of fused-ring (bicyclic) bond motifs is 3. The first-order chi connectivity index (χ1) is 7.40. The molecular formula is C14H15N. The van der Waals surface area contributed by atoms with Crippen molar-refractivity contribution in [2.75, 3.05) is 18.0 Å². The second-order valence-corrected chi connectivity index (χ2v) is 4.12. The molecule has 1 heterocycles. The molecular weight excluding hydrogens is 182 g/mol. The Morgan fingerprint density at radius 1 is 1.13 bits per heavy atom. The highest BCUT2D eigenvalue weighted by molar-refractivity contribution is 5.96. The topological polar surface area (TPSA) is 3.24 Å². The Bertz CT molecular complexity index is 502. The van der Waals surface area contributed by atoms with E-state index < -0.39 is 0 Å². The van der Waals surface area contributed by atoms with Gasteiger partial charge in [0.05, 0.1) is 0 Å². The van der Waals surface area contributed by atoms with Gasteiger partial charge in [-0.05, 0) is 24.3 Å². The van der Waals surface area contributed by atoms with Crippen LogP contribution < -0.4 is 4.90 Å². The fourth-order valence-electron chi connectivity index (χ4n) is 2.56. The van der Waals surface area contributed by atoms with Crippen molar-refractivity contribution in [3.8, 4) is 0 Å². The Balaban J connectivity index is 2.32. The normalized spacial score (nSPS) is 14.6. The molecule has 3 rings (SSSR count). The quantitative estimate of drug-likeness (QED) is 0.678. The lowest BCUT2D eigenvalue weighted by molar-refractivity contribution is 0.870. The zero-order valence-electron chi connectivity index (χ0n) is 9.03. The van der Waals surface area contributed by atoms with Crippen molar-refractivity contribution in [2.45, 2.75) is 13.3 Å². The maximum Gasteiger partial charge on any atom is 0.0479 e. The van der Waals surface area contributed by atoms with Gasteiger partial charge in [-0.3, -0.25) is 0 Å². The number of likely N-dealkylation sites (N-methyl/N-ethyl adjacent to an activating group) is 1. The van der Waals surface area contributed by atoms with E-state index in [1.807, 2.05) is 0 Å². The van der Waals surface area contributed by atoms with E-state index in [4.69, 9.17) is 0 Å². The SMILES string of the molecule is CCN1CCc2ccc3ccccc3c21. The van der Waals surface area contributed by atoms with Gasteiger partial charge in [-0.25, -0.2) is 0 Å².